The molecular weight excluding hydrogens is 280 g/mol. The molecule has 0 saturated heterocycles. The number of hydrogen-bond acceptors (Lipinski definition) is 3. The van der Waals surface area contributed by atoms with Crippen molar-refractivity contribution in [2.45, 2.75) is 45.7 Å². The van der Waals surface area contributed by atoms with Gasteiger partial charge < -0.3 is 19.7 Å². The van der Waals surface area contributed by atoms with Crippen LogP contribution in [0.15, 0.2) is 12.1 Å². The van der Waals surface area contributed by atoms with Crippen molar-refractivity contribution in [2.24, 2.45) is 0 Å². The number of urea groups is 1. The lowest BCUT2D eigenvalue weighted by Gasteiger charge is -2.43. The lowest BCUT2D eigenvalue weighted by atomic mass is 9.85. The fraction of sp³-hybridized carbons (Fsp3) is 0.588. The highest BCUT2D eigenvalue weighted by Gasteiger charge is 2.36. The zero-order chi connectivity index (χ0) is 16.3. The molecule has 0 spiro atoms. The summed E-state index contributed by atoms with van der Waals surface area (Å²) in [5.74, 6) is 1.44. The van der Waals surface area contributed by atoms with Crippen LogP contribution in [0.25, 0.3) is 0 Å². The van der Waals surface area contributed by atoms with E-state index in [1.54, 1.807) is 14.2 Å². The number of fused-ring (bicyclic) bond motifs is 1. The van der Waals surface area contributed by atoms with Crippen molar-refractivity contribution < 1.29 is 14.3 Å². The van der Waals surface area contributed by atoms with Crippen LogP contribution in [0.1, 0.15) is 38.3 Å². The van der Waals surface area contributed by atoms with Gasteiger partial charge in [0.25, 0.3) is 0 Å². The van der Waals surface area contributed by atoms with Gasteiger partial charge in [0.05, 0.1) is 14.2 Å². The number of carbonyl (C=O) groups excluding carboxylic acids is 1. The second-order valence-corrected chi connectivity index (χ2v) is 6.28. The van der Waals surface area contributed by atoms with Crippen molar-refractivity contribution in [2.75, 3.05) is 20.8 Å². The van der Waals surface area contributed by atoms with Gasteiger partial charge in [-0.1, -0.05) is 6.92 Å². The van der Waals surface area contributed by atoms with Crippen LogP contribution in [0, 0.1) is 0 Å². The predicted octanol–water partition coefficient (Wildman–Crippen LogP) is 2.96. The maximum atomic E-state index is 12.4. The molecule has 0 aliphatic carbocycles. The Bertz CT molecular complexity index is 555. The van der Waals surface area contributed by atoms with E-state index in [-0.39, 0.29) is 11.6 Å². The number of nitrogens with one attached hydrogen (secondary N) is 1. The molecule has 2 amide bonds. The van der Waals surface area contributed by atoms with Crippen LogP contribution in [0.5, 0.6) is 11.5 Å². The number of rotatable bonds is 4. The van der Waals surface area contributed by atoms with E-state index in [0.29, 0.717) is 18.8 Å². The summed E-state index contributed by atoms with van der Waals surface area (Å²) < 4.78 is 10.8. The standard InChI is InChI=1S/C17H26N2O3/c1-6-7-18-16(20)19-11-13-9-15(22-5)14(21-4)8-12(13)10-17(19,2)3/h8-9H,6-7,10-11H2,1-5H3,(H,18,20). The summed E-state index contributed by atoms with van der Waals surface area (Å²) in [5.41, 5.74) is 2.09. The van der Waals surface area contributed by atoms with E-state index in [1.165, 1.54) is 5.56 Å². The summed E-state index contributed by atoms with van der Waals surface area (Å²) in [6, 6.07) is 3.99. The van der Waals surface area contributed by atoms with Crippen LogP contribution in [-0.2, 0) is 13.0 Å². The first-order valence-corrected chi connectivity index (χ1v) is 7.72. The van der Waals surface area contributed by atoms with Crippen LogP contribution in [-0.4, -0.2) is 37.2 Å². The van der Waals surface area contributed by atoms with Crippen molar-refractivity contribution in [3.05, 3.63) is 23.3 Å². The van der Waals surface area contributed by atoms with Crippen molar-refractivity contribution in [1.29, 1.82) is 0 Å². The number of amides is 2. The highest BCUT2D eigenvalue weighted by atomic mass is 16.5. The Morgan fingerprint density at radius 3 is 2.36 bits per heavy atom. The molecule has 5 nitrogen and oxygen atoms in total. The largest absolute Gasteiger partial charge is 0.493 e. The van der Waals surface area contributed by atoms with Gasteiger partial charge in [-0.05, 0) is 49.9 Å². The summed E-state index contributed by atoms with van der Waals surface area (Å²) in [5, 5.41) is 2.97. The lowest BCUT2D eigenvalue weighted by molar-refractivity contribution is 0.119. The van der Waals surface area contributed by atoms with E-state index in [1.807, 2.05) is 24.0 Å². The molecule has 0 bridgehead atoms. The molecule has 1 aliphatic heterocycles. The van der Waals surface area contributed by atoms with Gasteiger partial charge in [0, 0.05) is 18.6 Å². The summed E-state index contributed by atoms with van der Waals surface area (Å²) in [4.78, 5) is 14.3. The van der Waals surface area contributed by atoms with Gasteiger partial charge in [-0.15, -0.1) is 0 Å². The fourth-order valence-corrected chi connectivity index (χ4v) is 2.89. The maximum Gasteiger partial charge on any atom is 0.318 e. The van der Waals surface area contributed by atoms with Crippen molar-refractivity contribution in [1.82, 2.24) is 10.2 Å². The van der Waals surface area contributed by atoms with E-state index in [2.05, 4.69) is 19.2 Å². The van der Waals surface area contributed by atoms with Gasteiger partial charge in [-0.25, -0.2) is 4.79 Å². The molecule has 1 heterocycles. The topological polar surface area (TPSA) is 50.8 Å². The van der Waals surface area contributed by atoms with Gasteiger partial charge in [-0.2, -0.15) is 0 Å². The van der Waals surface area contributed by atoms with E-state index < -0.39 is 0 Å². The Kier molecular flexibility index (Phi) is 4.84. The Balaban J connectivity index is 2.32. The quantitative estimate of drug-likeness (QED) is 0.930. The number of methoxy groups -OCH3 is 2. The third kappa shape index (κ3) is 3.13. The number of nitrogens with zero attached hydrogens (tertiary/aromatic N) is 1. The molecule has 5 heteroatoms. The smallest absolute Gasteiger partial charge is 0.318 e. The number of ether oxygens (including phenoxy) is 2. The number of hydrogen-bond donors (Lipinski definition) is 1. The molecule has 1 N–H and O–H groups in total. The van der Waals surface area contributed by atoms with Gasteiger partial charge >= 0.3 is 6.03 Å². The van der Waals surface area contributed by atoms with Crippen molar-refractivity contribution in [3.8, 4) is 11.5 Å². The average molecular weight is 306 g/mol. The molecule has 0 saturated carbocycles. The Morgan fingerprint density at radius 1 is 1.23 bits per heavy atom. The number of benzene rings is 1. The minimum Gasteiger partial charge on any atom is -0.493 e. The first-order chi connectivity index (χ1) is 10.4. The summed E-state index contributed by atoms with van der Waals surface area (Å²) in [6.07, 6.45) is 1.73. The molecule has 1 aliphatic rings. The second kappa shape index (κ2) is 6.46. The highest BCUT2D eigenvalue weighted by Crippen LogP contribution is 2.37. The molecule has 2 rings (SSSR count). The van der Waals surface area contributed by atoms with Crippen LogP contribution >= 0.6 is 0 Å². The normalized spacial score (nSPS) is 16.0. The lowest BCUT2D eigenvalue weighted by Crippen LogP contribution is -2.54. The first-order valence-electron chi connectivity index (χ1n) is 7.72. The minimum atomic E-state index is -0.232. The molecule has 122 valence electrons. The molecule has 0 fully saturated rings. The van der Waals surface area contributed by atoms with E-state index >= 15 is 0 Å². The van der Waals surface area contributed by atoms with E-state index in [4.69, 9.17) is 9.47 Å². The molecule has 1 aromatic carbocycles. The Labute approximate surface area is 132 Å². The van der Waals surface area contributed by atoms with Gasteiger partial charge in [-0.3, -0.25) is 0 Å². The van der Waals surface area contributed by atoms with Gasteiger partial charge in [0.15, 0.2) is 11.5 Å². The van der Waals surface area contributed by atoms with Gasteiger partial charge in [0.1, 0.15) is 0 Å². The second-order valence-electron chi connectivity index (χ2n) is 6.28. The zero-order valence-corrected chi connectivity index (χ0v) is 14.2. The first kappa shape index (κ1) is 16.5. The third-order valence-electron chi connectivity index (χ3n) is 4.16. The summed E-state index contributed by atoms with van der Waals surface area (Å²) in [7, 11) is 3.27. The molecule has 0 radical (unpaired) electrons. The van der Waals surface area contributed by atoms with Crippen LogP contribution in [0.2, 0.25) is 0 Å². The molecule has 22 heavy (non-hydrogen) atoms. The van der Waals surface area contributed by atoms with Crippen LogP contribution in [0.4, 0.5) is 4.79 Å². The zero-order valence-electron chi connectivity index (χ0n) is 14.2. The maximum absolute atomic E-state index is 12.4. The monoisotopic (exact) mass is 306 g/mol. The Hall–Kier alpha value is -1.91. The fourth-order valence-electron chi connectivity index (χ4n) is 2.89. The van der Waals surface area contributed by atoms with Crippen molar-refractivity contribution >= 4 is 6.03 Å². The predicted molar refractivity (Wildman–Crippen MR) is 86.6 cm³/mol. The Morgan fingerprint density at radius 2 is 1.82 bits per heavy atom. The van der Waals surface area contributed by atoms with E-state index in [0.717, 1.165) is 24.2 Å². The SMILES string of the molecule is CCCNC(=O)N1Cc2cc(OC)c(OC)cc2CC1(C)C. The molecular formula is C17H26N2O3. The van der Waals surface area contributed by atoms with Crippen LogP contribution < -0.4 is 14.8 Å². The molecule has 1 aromatic rings. The number of carbonyl (C=O) groups is 1. The summed E-state index contributed by atoms with van der Waals surface area (Å²) >= 11 is 0. The highest BCUT2D eigenvalue weighted by molar-refractivity contribution is 5.75. The molecule has 0 atom stereocenters. The van der Waals surface area contributed by atoms with Gasteiger partial charge in [0.2, 0.25) is 0 Å². The van der Waals surface area contributed by atoms with Crippen molar-refractivity contribution in [3.63, 3.8) is 0 Å². The summed E-state index contributed by atoms with van der Waals surface area (Å²) in [6.45, 7) is 7.52. The molecule has 0 unspecified atom stereocenters. The minimum absolute atomic E-state index is 0.00714. The average Bonchev–Trinajstić information content (AvgIpc) is 2.49. The third-order valence-corrected chi connectivity index (χ3v) is 4.16. The molecule has 0 aromatic heterocycles. The van der Waals surface area contributed by atoms with E-state index in [9.17, 15) is 4.79 Å². The van der Waals surface area contributed by atoms with Crippen LogP contribution in [0.3, 0.4) is 0 Å².